The Morgan fingerprint density at radius 1 is 1.42 bits per heavy atom. The number of carbonyl (C=O) groups is 2. The Labute approximate surface area is 142 Å². The van der Waals surface area contributed by atoms with Crippen molar-refractivity contribution in [3.63, 3.8) is 0 Å². The largest absolute Gasteiger partial charge is 0.370 e. The summed E-state index contributed by atoms with van der Waals surface area (Å²) in [6.07, 6.45) is 0.682. The maximum Gasteiger partial charge on any atom is 0.251 e. The van der Waals surface area contributed by atoms with Gasteiger partial charge in [-0.05, 0) is 44.0 Å². The maximum absolute atomic E-state index is 12.1. The molecular weight excluding hydrogens is 306 g/mol. The second-order valence-electron chi connectivity index (χ2n) is 5.91. The summed E-state index contributed by atoms with van der Waals surface area (Å²) in [7, 11) is 1.61. The van der Waals surface area contributed by atoms with Crippen LogP contribution < -0.4 is 21.3 Å². The standard InChI is InChI=1S/C17H25N5O2/c1-5-20-16(24)12-6-7-15-13(9-12)14(21-17(18)19-4)8-10(2)22(15)11(3)23/h6-7,9-10,14H,5,8H2,1-4H3,(H,20,24)(H3,18,19,21). The van der Waals surface area contributed by atoms with E-state index in [2.05, 4.69) is 15.6 Å². The Kier molecular flexibility index (Phi) is 5.43. The summed E-state index contributed by atoms with van der Waals surface area (Å²) < 4.78 is 0. The number of guanidine groups is 1. The summed E-state index contributed by atoms with van der Waals surface area (Å²) in [4.78, 5) is 29.9. The molecule has 7 heteroatoms. The quantitative estimate of drug-likeness (QED) is 0.571. The first-order valence-corrected chi connectivity index (χ1v) is 8.09. The summed E-state index contributed by atoms with van der Waals surface area (Å²) in [5, 5.41) is 5.96. The molecular formula is C17H25N5O2. The van der Waals surface area contributed by atoms with E-state index in [0.717, 1.165) is 11.3 Å². The fourth-order valence-corrected chi connectivity index (χ4v) is 3.13. The van der Waals surface area contributed by atoms with Gasteiger partial charge in [0, 0.05) is 37.8 Å². The molecule has 1 heterocycles. The fourth-order valence-electron chi connectivity index (χ4n) is 3.13. The van der Waals surface area contributed by atoms with Crippen LogP contribution in [-0.2, 0) is 4.79 Å². The van der Waals surface area contributed by atoms with Gasteiger partial charge in [-0.25, -0.2) is 0 Å². The van der Waals surface area contributed by atoms with Gasteiger partial charge < -0.3 is 21.3 Å². The number of nitrogens with two attached hydrogens (primary N) is 1. The highest BCUT2D eigenvalue weighted by Gasteiger charge is 2.33. The number of carbonyl (C=O) groups excluding carboxylic acids is 2. The molecule has 2 amide bonds. The van der Waals surface area contributed by atoms with Gasteiger partial charge in [0.2, 0.25) is 5.91 Å². The summed E-state index contributed by atoms with van der Waals surface area (Å²) in [5.74, 6) is 0.173. The molecule has 1 aromatic rings. The van der Waals surface area contributed by atoms with E-state index >= 15 is 0 Å². The monoisotopic (exact) mass is 331 g/mol. The molecule has 7 nitrogen and oxygen atoms in total. The van der Waals surface area contributed by atoms with Gasteiger partial charge in [0.1, 0.15) is 0 Å². The number of aliphatic imine (C=N–C) groups is 1. The number of anilines is 1. The molecule has 2 unspecified atom stereocenters. The molecule has 0 spiro atoms. The molecule has 0 saturated carbocycles. The van der Waals surface area contributed by atoms with Gasteiger partial charge >= 0.3 is 0 Å². The highest BCUT2D eigenvalue weighted by molar-refractivity contribution is 5.98. The normalized spacial score (nSPS) is 20.3. The van der Waals surface area contributed by atoms with Gasteiger partial charge in [-0.1, -0.05) is 0 Å². The molecule has 1 aliphatic heterocycles. The van der Waals surface area contributed by atoms with Crippen molar-refractivity contribution in [2.75, 3.05) is 18.5 Å². The number of amides is 2. The van der Waals surface area contributed by atoms with Crippen LogP contribution in [0.5, 0.6) is 0 Å². The smallest absolute Gasteiger partial charge is 0.251 e. The van der Waals surface area contributed by atoms with Gasteiger partial charge in [-0.3, -0.25) is 14.6 Å². The van der Waals surface area contributed by atoms with Crippen molar-refractivity contribution < 1.29 is 9.59 Å². The van der Waals surface area contributed by atoms with Crippen LogP contribution in [0.1, 0.15) is 49.2 Å². The van der Waals surface area contributed by atoms with E-state index in [1.54, 1.807) is 24.9 Å². The van der Waals surface area contributed by atoms with Crippen LogP contribution in [0.4, 0.5) is 5.69 Å². The van der Waals surface area contributed by atoms with Crippen molar-refractivity contribution >= 4 is 23.5 Å². The van der Waals surface area contributed by atoms with Crippen LogP contribution in [0.2, 0.25) is 0 Å². The predicted molar refractivity (Wildman–Crippen MR) is 95.1 cm³/mol. The average Bonchev–Trinajstić information content (AvgIpc) is 2.54. The van der Waals surface area contributed by atoms with Gasteiger partial charge in [0.05, 0.1) is 6.04 Å². The third-order valence-corrected chi connectivity index (χ3v) is 4.18. The molecule has 2 atom stereocenters. The van der Waals surface area contributed by atoms with Crippen molar-refractivity contribution in [1.29, 1.82) is 0 Å². The average molecular weight is 331 g/mol. The predicted octanol–water partition coefficient (Wildman–Crippen LogP) is 1.16. The van der Waals surface area contributed by atoms with E-state index in [4.69, 9.17) is 5.73 Å². The van der Waals surface area contributed by atoms with Crippen LogP contribution in [0.25, 0.3) is 0 Å². The molecule has 0 aliphatic carbocycles. The number of rotatable bonds is 3. The van der Waals surface area contributed by atoms with Crippen LogP contribution in [0.3, 0.4) is 0 Å². The number of fused-ring (bicyclic) bond motifs is 1. The summed E-state index contributed by atoms with van der Waals surface area (Å²) in [5.41, 5.74) is 8.06. The molecule has 0 bridgehead atoms. The molecule has 2 rings (SSSR count). The van der Waals surface area contributed by atoms with Crippen LogP contribution in [0, 0.1) is 0 Å². The minimum Gasteiger partial charge on any atom is -0.370 e. The van der Waals surface area contributed by atoms with Crippen LogP contribution in [-0.4, -0.2) is 37.4 Å². The Balaban J connectivity index is 2.49. The third-order valence-electron chi connectivity index (χ3n) is 4.18. The van der Waals surface area contributed by atoms with E-state index in [1.165, 1.54) is 0 Å². The molecule has 130 valence electrons. The van der Waals surface area contributed by atoms with Crippen molar-refractivity contribution in [2.45, 2.75) is 39.3 Å². The lowest BCUT2D eigenvalue weighted by Gasteiger charge is -2.39. The first-order valence-electron chi connectivity index (χ1n) is 8.09. The molecule has 0 aromatic heterocycles. The summed E-state index contributed by atoms with van der Waals surface area (Å²) in [6.45, 7) is 5.98. The Hall–Kier alpha value is -2.57. The highest BCUT2D eigenvalue weighted by atomic mass is 16.2. The lowest BCUT2D eigenvalue weighted by Crippen LogP contribution is -2.46. The summed E-state index contributed by atoms with van der Waals surface area (Å²) in [6, 6.07) is 5.30. The maximum atomic E-state index is 12.1. The second-order valence-corrected chi connectivity index (χ2v) is 5.91. The lowest BCUT2D eigenvalue weighted by molar-refractivity contribution is -0.117. The number of hydrogen-bond acceptors (Lipinski definition) is 3. The Morgan fingerprint density at radius 2 is 2.12 bits per heavy atom. The summed E-state index contributed by atoms with van der Waals surface area (Å²) >= 11 is 0. The molecule has 4 N–H and O–H groups in total. The molecule has 0 saturated heterocycles. The minimum atomic E-state index is -0.135. The van der Waals surface area contributed by atoms with Crippen molar-refractivity contribution in [3.05, 3.63) is 29.3 Å². The van der Waals surface area contributed by atoms with Gasteiger partial charge in [0.25, 0.3) is 5.91 Å². The Bertz CT molecular complexity index is 671. The van der Waals surface area contributed by atoms with E-state index < -0.39 is 0 Å². The van der Waals surface area contributed by atoms with E-state index in [-0.39, 0.29) is 23.9 Å². The van der Waals surface area contributed by atoms with E-state index in [9.17, 15) is 9.59 Å². The first-order chi connectivity index (χ1) is 11.4. The van der Waals surface area contributed by atoms with Gasteiger partial charge in [-0.2, -0.15) is 0 Å². The molecule has 1 aromatic carbocycles. The van der Waals surface area contributed by atoms with Crippen LogP contribution >= 0.6 is 0 Å². The Morgan fingerprint density at radius 3 is 2.71 bits per heavy atom. The third kappa shape index (κ3) is 3.50. The zero-order valence-electron chi connectivity index (χ0n) is 14.6. The zero-order valence-corrected chi connectivity index (χ0v) is 14.6. The molecule has 24 heavy (non-hydrogen) atoms. The van der Waals surface area contributed by atoms with E-state index in [1.807, 2.05) is 26.0 Å². The lowest BCUT2D eigenvalue weighted by atomic mass is 9.90. The SMILES string of the molecule is CCNC(=O)c1ccc2c(c1)C(NC(N)=NC)CC(C)N2C(C)=O. The molecule has 1 aliphatic rings. The fraction of sp³-hybridized carbons (Fsp3) is 0.471. The highest BCUT2D eigenvalue weighted by Crippen LogP contribution is 2.37. The van der Waals surface area contributed by atoms with Crippen molar-refractivity contribution in [1.82, 2.24) is 10.6 Å². The number of nitrogens with one attached hydrogen (secondary N) is 2. The van der Waals surface area contributed by atoms with Crippen molar-refractivity contribution in [3.8, 4) is 0 Å². The first kappa shape index (κ1) is 17.8. The number of hydrogen-bond donors (Lipinski definition) is 3. The second kappa shape index (κ2) is 7.33. The topological polar surface area (TPSA) is 99.8 Å². The number of nitrogens with zero attached hydrogens (tertiary/aromatic N) is 2. The minimum absolute atomic E-state index is 0.0208. The molecule has 0 radical (unpaired) electrons. The van der Waals surface area contributed by atoms with Gasteiger partial charge in [-0.15, -0.1) is 0 Å². The van der Waals surface area contributed by atoms with E-state index in [0.29, 0.717) is 24.5 Å². The van der Waals surface area contributed by atoms with Crippen LogP contribution in [0.15, 0.2) is 23.2 Å². The molecule has 0 fully saturated rings. The number of benzene rings is 1. The van der Waals surface area contributed by atoms with Crippen molar-refractivity contribution in [2.24, 2.45) is 10.7 Å². The van der Waals surface area contributed by atoms with Gasteiger partial charge in [0.15, 0.2) is 5.96 Å². The zero-order chi connectivity index (χ0) is 17.9.